The van der Waals surface area contributed by atoms with Gasteiger partial charge in [0.1, 0.15) is 6.04 Å². The lowest BCUT2D eigenvalue weighted by molar-refractivity contribution is -0.163. The Morgan fingerprint density at radius 2 is 1.32 bits per heavy atom. The lowest BCUT2D eigenvalue weighted by Gasteiger charge is -2.29. The van der Waals surface area contributed by atoms with E-state index in [1.54, 1.807) is 0 Å². The SMILES string of the molecule is COC(=O)C(C(=O)OC)[C@@H](C)[C@@H](NC(=O)C1CCCCC1)C(=O)OC. The lowest BCUT2D eigenvalue weighted by Crippen LogP contribution is -2.52. The van der Waals surface area contributed by atoms with Gasteiger partial charge in [0.05, 0.1) is 21.3 Å². The quantitative estimate of drug-likeness (QED) is 0.408. The van der Waals surface area contributed by atoms with Gasteiger partial charge in [-0.05, 0) is 12.8 Å². The lowest BCUT2D eigenvalue weighted by atomic mass is 9.85. The maximum absolute atomic E-state index is 12.5. The van der Waals surface area contributed by atoms with Gasteiger partial charge in [-0.1, -0.05) is 26.2 Å². The molecule has 1 saturated carbocycles. The summed E-state index contributed by atoms with van der Waals surface area (Å²) in [7, 11) is 3.46. The molecule has 8 heteroatoms. The molecule has 0 aromatic heterocycles. The fourth-order valence-electron chi connectivity index (χ4n) is 3.14. The van der Waals surface area contributed by atoms with Crippen molar-refractivity contribution in [2.75, 3.05) is 21.3 Å². The number of amides is 1. The Morgan fingerprint density at radius 1 is 0.840 bits per heavy atom. The second-order valence-corrected chi connectivity index (χ2v) is 6.23. The first-order valence-electron chi connectivity index (χ1n) is 8.41. The monoisotopic (exact) mass is 357 g/mol. The molecule has 0 aliphatic heterocycles. The molecule has 0 bridgehead atoms. The predicted molar refractivity (Wildman–Crippen MR) is 87.2 cm³/mol. The summed E-state index contributed by atoms with van der Waals surface area (Å²) in [5.74, 6) is -5.07. The fourth-order valence-corrected chi connectivity index (χ4v) is 3.14. The minimum absolute atomic E-state index is 0.178. The van der Waals surface area contributed by atoms with Gasteiger partial charge in [0, 0.05) is 11.8 Å². The second-order valence-electron chi connectivity index (χ2n) is 6.23. The van der Waals surface area contributed by atoms with E-state index in [9.17, 15) is 19.2 Å². The molecule has 0 spiro atoms. The van der Waals surface area contributed by atoms with Crippen LogP contribution in [0.25, 0.3) is 0 Å². The van der Waals surface area contributed by atoms with Crippen LogP contribution >= 0.6 is 0 Å². The van der Waals surface area contributed by atoms with E-state index in [4.69, 9.17) is 4.74 Å². The van der Waals surface area contributed by atoms with Gasteiger partial charge in [-0.2, -0.15) is 0 Å². The molecule has 1 N–H and O–H groups in total. The first kappa shape index (κ1) is 20.9. The third kappa shape index (κ3) is 5.44. The molecule has 0 aromatic carbocycles. The molecule has 25 heavy (non-hydrogen) atoms. The fraction of sp³-hybridized carbons (Fsp3) is 0.765. The summed E-state index contributed by atoms with van der Waals surface area (Å²) < 4.78 is 14.0. The standard InChI is InChI=1S/C17H27NO7/c1-10(12(15(20)23-2)16(21)24-3)13(17(22)25-4)18-14(19)11-8-6-5-7-9-11/h10-13H,5-9H2,1-4H3,(H,18,19)/t10-,13-/m1/s1. The van der Waals surface area contributed by atoms with E-state index < -0.39 is 35.8 Å². The van der Waals surface area contributed by atoms with E-state index >= 15 is 0 Å². The highest BCUT2D eigenvalue weighted by molar-refractivity contribution is 5.96. The van der Waals surface area contributed by atoms with Gasteiger partial charge in [-0.3, -0.25) is 14.4 Å². The van der Waals surface area contributed by atoms with Crippen molar-refractivity contribution in [1.29, 1.82) is 0 Å². The van der Waals surface area contributed by atoms with Crippen LogP contribution in [0.1, 0.15) is 39.0 Å². The van der Waals surface area contributed by atoms with Crippen LogP contribution in [0.2, 0.25) is 0 Å². The molecular formula is C17H27NO7. The zero-order valence-electron chi connectivity index (χ0n) is 15.2. The number of hydrogen-bond acceptors (Lipinski definition) is 7. The average molecular weight is 357 g/mol. The summed E-state index contributed by atoms with van der Waals surface area (Å²) in [5, 5.41) is 2.65. The van der Waals surface area contributed by atoms with E-state index in [-0.39, 0.29) is 11.8 Å². The van der Waals surface area contributed by atoms with Crippen LogP contribution < -0.4 is 5.32 Å². The molecule has 1 rings (SSSR count). The Kier molecular flexibility index (Phi) is 8.37. The maximum Gasteiger partial charge on any atom is 0.328 e. The molecule has 1 amide bonds. The third-order valence-corrected chi connectivity index (χ3v) is 4.69. The van der Waals surface area contributed by atoms with Crippen LogP contribution in [0, 0.1) is 17.8 Å². The summed E-state index contributed by atoms with van der Waals surface area (Å²) in [6, 6.07) is -1.15. The molecule has 0 unspecified atom stereocenters. The average Bonchev–Trinajstić information content (AvgIpc) is 2.65. The Morgan fingerprint density at radius 3 is 1.76 bits per heavy atom. The highest BCUT2D eigenvalue weighted by Crippen LogP contribution is 2.25. The van der Waals surface area contributed by atoms with Gasteiger partial charge < -0.3 is 19.5 Å². The first-order chi connectivity index (χ1) is 11.9. The highest BCUT2D eigenvalue weighted by atomic mass is 16.5. The zero-order valence-corrected chi connectivity index (χ0v) is 15.2. The van der Waals surface area contributed by atoms with E-state index in [1.807, 2.05) is 0 Å². The Labute approximate surface area is 147 Å². The summed E-state index contributed by atoms with van der Waals surface area (Å²) in [6.07, 6.45) is 4.53. The summed E-state index contributed by atoms with van der Waals surface area (Å²) in [6.45, 7) is 1.50. The minimum atomic E-state index is -1.34. The smallest absolute Gasteiger partial charge is 0.328 e. The van der Waals surface area contributed by atoms with Crippen LogP contribution in [0.3, 0.4) is 0 Å². The van der Waals surface area contributed by atoms with Crippen molar-refractivity contribution in [3.8, 4) is 0 Å². The number of nitrogens with one attached hydrogen (secondary N) is 1. The Bertz CT molecular complexity index is 483. The van der Waals surface area contributed by atoms with Gasteiger partial charge >= 0.3 is 17.9 Å². The summed E-state index contributed by atoms with van der Waals surface area (Å²) >= 11 is 0. The van der Waals surface area contributed by atoms with Crippen LogP contribution in [0.5, 0.6) is 0 Å². The summed E-state index contributed by atoms with van der Waals surface area (Å²) in [5.41, 5.74) is 0. The Hall–Kier alpha value is -2.12. The number of esters is 3. The minimum Gasteiger partial charge on any atom is -0.468 e. The van der Waals surface area contributed by atoms with Crippen LogP contribution in [-0.2, 0) is 33.4 Å². The summed E-state index contributed by atoms with van der Waals surface area (Å²) in [4.78, 5) is 48.6. The molecule has 8 nitrogen and oxygen atoms in total. The zero-order chi connectivity index (χ0) is 19.0. The molecule has 142 valence electrons. The number of methoxy groups -OCH3 is 3. The van der Waals surface area contributed by atoms with E-state index in [2.05, 4.69) is 14.8 Å². The number of carbonyl (C=O) groups excluding carboxylic acids is 4. The van der Waals surface area contributed by atoms with Crippen molar-refractivity contribution in [1.82, 2.24) is 5.32 Å². The second kappa shape index (κ2) is 10.0. The van der Waals surface area contributed by atoms with Crippen LogP contribution in [-0.4, -0.2) is 51.2 Å². The molecule has 1 aliphatic rings. The highest BCUT2D eigenvalue weighted by Gasteiger charge is 2.43. The molecule has 1 fully saturated rings. The number of hydrogen-bond donors (Lipinski definition) is 1. The van der Waals surface area contributed by atoms with Crippen molar-refractivity contribution in [2.45, 2.75) is 45.1 Å². The number of ether oxygens (including phenoxy) is 3. The van der Waals surface area contributed by atoms with Crippen molar-refractivity contribution in [2.24, 2.45) is 17.8 Å². The van der Waals surface area contributed by atoms with Gasteiger partial charge in [0.2, 0.25) is 5.91 Å². The van der Waals surface area contributed by atoms with Gasteiger partial charge in [0.15, 0.2) is 5.92 Å². The van der Waals surface area contributed by atoms with E-state index in [1.165, 1.54) is 14.0 Å². The molecule has 0 saturated heterocycles. The molecule has 1 aliphatic carbocycles. The topological polar surface area (TPSA) is 108 Å². The van der Waals surface area contributed by atoms with Crippen molar-refractivity contribution in [3.63, 3.8) is 0 Å². The molecule has 0 heterocycles. The van der Waals surface area contributed by atoms with Gasteiger partial charge in [-0.25, -0.2) is 4.79 Å². The Balaban J connectivity index is 2.98. The van der Waals surface area contributed by atoms with Crippen molar-refractivity contribution < 1.29 is 33.4 Å². The largest absolute Gasteiger partial charge is 0.468 e. The van der Waals surface area contributed by atoms with Crippen LogP contribution in [0.15, 0.2) is 0 Å². The van der Waals surface area contributed by atoms with Gasteiger partial charge in [-0.15, -0.1) is 0 Å². The normalized spacial score (nSPS) is 17.3. The number of carbonyl (C=O) groups is 4. The molecule has 0 radical (unpaired) electrons. The van der Waals surface area contributed by atoms with E-state index in [0.29, 0.717) is 0 Å². The predicted octanol–water partition coefficient (Wildman–Crippen LogP) is 0.823. The van der Waals surface area contributed by atoms with Crippen molar-refractivity contribution in [3.05, 3.63) is 0 Å². The molecule has 2 atom stereocenters. The van der Waals surface area contributed by atoms with E-state index in [0.717, 1.165) is 46.3 Å². The molecule has 0 aromatic rings. The van der Waals surface area contributed by atoms with Crippen molar-refractivity contribution >= 4 is 23.8 Å². The first-order valence-corrected chi connectivity index (χ1v) is 8.41. The molecular weight excluding hydrogens is 330 g/mol. The number of rotatable bonds is 7. The maximum atomic E-state index is 12.5. The van der Waals surface area contributed by atoms with Crippen LogP contribution in [0.4, 0.5) is 0 Å². The van der Waals surface area contributed by atoms with Gasteiger partial charge in [0.25, 0.3) is 0 Å². The third-order valence-electron chi connectivity index (χ3n) is 4.69.